The lowest BCUT2D eigenvalue weighted by molar-refractivity contribution is -0.125. The van der Waals surface area contributed by atoms with Gasteiger partial charge < -0.3 is 19.8 Å². The predicted molar refractivity (Wildman–Crippen MR) is 170 cm³/mol. The highest BCUT2D eigenvalue weighted by Gasteiger charge is 2.34. The van der Waals surface area contributed by atoms with E-state index in [2.05, 4.69) is 16.5 Å². The molecule has 1 aliphatic rings. The summed E-state index contributed by atoms with van der Waals surface area (Å²) < 4.78 is 7.81. The molecule has 4 heterocycles. The molecule has 6 rings (SSSR count). The third kappa shape index (κ3) is 5.68. The van der Waals surface area contributed by atoms with E-state index in [-0.39, 0.29) is 57.5 Å². The highest BCUT2D eigenvalue weighted by molar-refractivity contribution is 7.59. The van der Waals surface area contributed by atoms with Gasteiger partial charge in [-0.2, -0.15) is 32.0 Å². The number of aliphatic hydroxyl groups excluding tert-OH is 2. The molecule has 12 heteroatoms. The summed E-state index contributed by atoms with van der Waals surface area (Å²) >= 11 is 1.24. The van der Waals surface area contributed by atoms with Crippen LogP contribution in [0.15, 0.2) is 84.3 Å². The van der Waals surface area contributed by atoms with Gasteiger partial charge in [0, 0.05) is 31.6 Å². The van der Waals surface area contributed by atoms with Gasteiger partial charge in [-0.05, 0) is 48.5 Å². The lowest BCUT2D eigenvalue weighted by Gasteiger charge is -2.13. The Balaban J connectivity index is 0.00000194. The second-order valence-corrected chi connectivity index (χ2v) is 10.4. The molecule has 0 aliphatic carbocycles. The highest BCUT2D eigenvalue weighted by Crippen LogP contribution is 2.29. The molecule has 1 amide bonds. The third-order valence-electron chi connectivity index (χ3n) is 6.87. The van der Waals surface area contributed by atoms with Gasteiger partial charge in [-0.15, -0.1) is 11.3 Å². The maximum absolute atomic E-state index is 13.3. The number of amides is 1. The monoisotopic (exact) mass is 608 g/mol. The Kier molecular flexibility index (Phi) is 9.08. The molecule has 0 spiro atoms. The normalized spacial score (nSPS) is 17.1. The number of benzene rings is 2. The van der Waals surface area contributed by atoms with Crippen molar-refractivity contribution >= 4 is 71.2 Å². The summed E-state index contributed by atoms with van der Waals surface area (Å²) in [5, 5.41) is 22.2. The van der Waals surface area contributed by atoms with E-state index in [0.29, 0.717) is 49.5 Å². The number of β-amino-alcohol motifs (C(OH)–C–C–N with tert-alkyl or cyclic N) is 1. The topological polar surface area (TPSA) is 118 Å². The van der Waals surface area contributed by atoms with Gasteiger partial charge in [0.2, 0.25) is 5.91 Å². The number of aromatic nitrogens is 3. The molecule has 2 N–H and O–H groups in total. The van der Waals surface area contributed by atoms with E-state index >= 15 is 0 Å². The van der Waals surface area contributed by atoms with Crippen LogP contribution in [0, 0.1) is 5.92 Å². The quantitative estimate of drug-likeness (QED) is 0.282. The number of aliphatic hydroxyl groups is 2. The Labute approximate surface area is 252 Å². The lowest BCUT2D eigenvalue weighted by Crippen LogP contribution is -2.27. The summed E-state index contributed by atoms with van der Waals surface area (Å²) in [4.78, 5) is 36.2. The summed E-state index contributed by atoms with van der Waals surface area (Å²) in [5.74, 6) is 0.727. The minimum absolute atomic E-state index is 0. The van der Waals surface area contributed by atoms with E-state index in [1.165, 1.54) is 26.9 Å². The molecule has 0 radical (unpaired) electrons. The molecule has 0 unspecified atom stereocenters. The first-order valence-electron chi connectivity index (χ1n) is 12.4. The number of rotatable bonds is 6. The van der Waals surface area contributed by atoms with Crippen LogP contribution in [0.2, 0.25) is 0 Å². The van der Waals surface area contributed by atoms with Crippen molar-refractivity contribution < 1.29 is 19.7 Å². The fourth-order valence-electron chi connectivity index (χ4n) is 4.97. The van der Waals surface area contributed by atoms with Crippen molar-refractivity contribution in [2.45, 2.75) is 12.5 Å². The van der Waals surface area contributed by atoms with E-state index in [1.54, 1.807) is 36.5 Å². The van der Waals surface area contributed by atoms with Gasteiger partial charge in [0.1, 0.15) is 27.6 Å². The van der Waals surface area contributed by atoms with Crippen LogP contribution in [-0.4, -0.2) is 54.7 Å². The largest absolute Gasteiger partial charge is 0.511 e. The lowest BCUT2D eigenvalue weighted by atomic mass is 10.0. The Bertz CT molecular complexity index is 1820. The molecule has 1 saturated heterocycles. The van der Waals surface area contributed by atoms with Gasteiger partial charge in [0.25, 0.3) is 0 Å². The molecule has 0 bridgehead atoms. The predicted octanol–water partition coefficient (Wildman–Crippen LogP) is 3.79. The number of hydrogen-bond acceptors (Lipinski definition) is 8. The SMILES string of the molecule is C=CC(=O)N1C[C@H](CC(O)=c2sc3nccc4c3c2nc(=O)n4-c2ccc(Oc3ccccc3)cc2)[C@@H](O)C1.S.S. The van der Waals surface area contributed by atoms with Crippen molar-refractivity contribution in [2.75, 3.05) is 13.1 Å². The Morgan fingerprint density at radius 3 is 2.49 bits per heavy atom. The van der Waals surface area contributed by atoms with E-state index in [1.807, 2.05) is 30.3 Å². The summed E-state index contributed by atoms with van der Waals surface area (Å²) in [6, 6.07) is 18.3. The molecule has 41 heavy (non-hydrogen) atoms. The van der Waals surface area contributed by atoms with Crippen LogP contribution in [0.4, 0.5) is 0 Å². The first-order chi connectivity index (χ1) is 18.9. The number of para-hydroxylation sites is 1. The van der Waals surface area contributed by atoms with Crippen molar-refractivity contribution in [3.63, 3.8) is 0 Å². The molecule has 5 aromatic rings. The molecule has 9 nitrogen and oxygen atoms in total. The van der Waals surface area contributed by atoms with Gasteiger partial charge in [0.15, 0.2) is 0 Å². The van der Waals surface area contributed by atoms with E-state index in [0.717, 1.165) is 0 Å². The summed E-state index contributed by atoms with van der Waals surface area (Å²) in [5.41, 5.74) is 1.10. The molecule has 2 aromatic carbocycles. The molecule has 1 aliphatic heterocycles. The molecular formula is C29H28N4O5S3. The number of nitrogens with zero attached hydrogens (tertiary/aromatic N) is 4. The Morgan fingerprint density at radius 1 is 1.07 bits per heavy atom. The van der Waals surface area contributed by atoms with Crippen LogP contribution in [0.3, 0.4) is 0 Å². The average molecular weight is 609 g/mol. The standard InChI is InChI=1S/C29H24N4O5S.2H2S/c1-2-24(36)32-15-17(23(35)16-32)14-22(34)27-26-25-21(12-13-30-28(25)39-27)33(29(37)31-26)18-8-10-20(11-9-18)38-19-6-4-3-5-7-19;;/h2-13,17,23,34-35H,1,14-16H2;2*1H2/t17-,23-;;/m0../s1. The third-order valence-corrected chi connectivity index (χ3v) is 8.00. The minimum atomic E-state index is -0.779. The zero-order valence-corrected chi connectivity index (χ0v) is 24.5. The van der Waals surface area contributed by atoms with Crippen LogP contribution in [0.5, 0.6) is 11.5 Å². The van der Waals surface area contributed by atoms with Crippen molar-refractivity contribution in [3.8, 4) is 17.2 Å². The zero-order valence-electron chi connectivity index (χ0n) is 21.7. The van der Waals surface area contributed by atoms with E-state index in [4.69, 9.17) is 4.74 Å². The fourth-order valence-corrected chi connectivity index (χ4v) is 6.03. The first kappa shape index (κ1) is 30.1. The van der Waals surface area contributed by atoms with Gasteiger partial charge in [0.05, 0.1) is 27.2 Å². The number of ether oxygens (including phenoxy) is 1. The van der Waals surface area contributed by atoms with Crippen LogP contribution in [0.25, 0.3) is 32.7 Å². The van der Waals surface area contributed by atoms with Crippen LogP contribution in [-0.2, 0) is 4.79 Å². The molecule has 3 aromatic heterocycles. The van der Waals surface area contributed by atoms with Gasteiger partial charge >= 0.3 is 5.69 Å². The van der Waals surface area contributed by atoms with Crippen molar-refractivity contribution in [1.29, 1.82) is 0 Å². The smallest absolute Gasteiger partial charge is 0.353 e. The van der Waals surface area contributed by atoms with Crippen molar-refractivity contribution in [2.24, 2.45) is 5.92 Å². The van der Waals surface area contributed by atoms with Gasteiger partial charge in [-0.3, -0.25) is 9.36 Å². The Hall–Kier alpha value is -3.84. The summed E-state index contributed by atoms with van der Waals surface area (Å²) in [7, 11) is 0. The summed E-state index contributed by atoms with van der Waals surface area (Å²) in [6.07, 6.45) is 2.19. The number of likely N-dealkylation sites (tertiary alicyclic amines) is 1. The highest BCUT2D eigenvalue weighted by atomic mass is 32.1. The van der Waals surface area contributed by atoms with E-state index < -0.39 is 11.8 Å². The molecular weight excluding hydrogens is 581 g/mol. The van der Waals surface area contributed by atoms with Gasteiger partial charge in [-0.25, -0.2) is 9.78 Å². The molecule has 2 atom stereocenters. The van der Waals surface area contributed by atoms with Crippen LogP contribution in [0.1, 0.15) is 6.42 Å². The molecule has 0 saturated carbocycles. The van der Waals surface area contributed by atoms with Crippen LogP contribution >= 0.6 is 38.3 Å². The minimum Gasteiger partial charge on any atom is -0.511 e. The maximum Gasteiger partial charge on any atom is 0.353 e. The number of pyridine rings is 1. The molecule has 212 valence electrons. The zero-order chi connectivity index (χ0) is 27.1. The number of carbonyl (C=O) groups excluding carboxylic acids is 1. The van der Waals surface area contributed by atoms with Crippen molar-refractivity contribution in [1.82, 2.24) is 19.4 Å². The summed E-state index contributed by atoms with van der Waals surface area (Å²) in [6.45, 7) is 3.97. The van der Waals surface area contributed by atoms with E-state index in [9.17, 15) is 19.8 Å². The number of hydrogen-bond donors (Lipinski definition) is 2. The van der Waals surface area contributed by atoms with Gasteiger partial charge in [-0.1, -0.05) is 24.8 Å². The number of carbonyl (C=O) groups is 1. The van der Waals surface area contributed by atoms with Crippen LogP contribution < -0.4 is 15.0 Å². The maximum atomic E-state index is 13.3. The molecule has 1 fully saturated rings. The average Bonchev–Trinajstić information content (AvgIpc) is 3.50. The fraction of sp³-hybridized carbons (Fsp3) is 0.172. The second kappa shape index (κ2) is 12.4. The second-order valence-electron chi connectivity index (χ2n) is 9.35. The Morgan fingerprint density at radius 2 is 1.78 bits per heavy atom. The van der Waals surface area contributed by atoms with Crippen molar-refractivity contribution in [3.05, 3.63) is 94.5 Å². The first-order valence-corrected chi connectivity index (χ1v) is 13.2. The number of thiophene rings is 1.